The van der Waals surface area contributed by atoms with Crippen LogP contribution < -0.4 is 4.74 Å². The summed E-state index contributed by atoms with van der Waals surface area (Å²) in [5.41, 5.74) is 0.648. The Hall–Kier alpha value is -2.50. The summed E-state index contributed by atoms with van der Waals surface area (Å²) >= 11 is 0. The number of phenols is 1. The topological polar surface area (TPSA) is 46.5 Å². The molecule has 2 aromatic carbocycles. The number of ketones is 1. The van der Waals surface area contributed by atoms with E-state index in [0.717, 1.165) is 12.1 Å². The summed E-state index contributed by atoms with van der Waals surface area (Å²) < 4.78 is 43.0. The van der Waals surface area contributed by atoms with Crippen molar-refractivity contribution in [3.8, 4) is 11.5 Å². The smallest absolute Gasteiger partial charge is 0.416 e. The van der Waals surface area contributed by atoms with Crippen LogP contribution in [0.2, 0.25) is 0 Å². The van der Waals surface area contributed by atoms with Crippen molar-refractivity contribution in [3.63, 3.8) is 0 Å². The lowest BCUT2D eigenvalue weighted by atomic mass is 10.0. The lowest BCUT2D eigenvalue weighted by Gasteiger charge is -2.11. The number of carbonyl (C=O) groups is 1. The van der Waals surface area contributed by atoms with Gasteiger partial charge in [0.2, 0.25) is 0 Å². The molecule has 0 aliphatic carbocycles. The Morgan fingerprint density at radius 3 is 2.48 bits per heavy atom. The van der Waals surface area contributed by atoms with Gasteiger partial charge in [0.1, 0.15) is 11.5 Å². The molecular formula is C17H15F3O3. The first-order chi connectivity index (χ1) is 10.7. The van der Waals surface area contributed by atoms with Crippen molar-refractivity contribution in [3.05, 3.63) is 58.7 Å². The first-order valence-electron chi connectivity index (χ1n) is 6.82. The van der Waals surface area contributed by atoms with E-state index in [-0.39, 0.29) is 23.9 Å². The molecule has 0 saturated heterocycles. The Morgan fingerprint density at radius 2 is 1.83 bits per heavy atom. The molecule has 122 valence electrons. The number of alkyl halides is 3. The van der Waals surface area contributed by atoms with Crippen molar-refractivity contribution in [2.24, 2.45) is 0 Å². The molecule has 0 radical (unpaired) electrons. The van der Waals surface area contributed by atoms with Crippen LogP contribution in [-0.4, -0.2) is 17.5 Å². The van der Waals surface area contributed by atoms with Crippen molar-refractivity contribution in [2.45, 2.75) is 20.0 Å². The van der Waals surface area contributed by atoms with E-state index in [1.807, 2.05) is 0 Å². The van der Waals surface area contributed by atoms with Crippen molar-refractivity contribution in [1.29, 1.82) is 0 Å². The van der Waals surface area contributed by atoms with Crippen LogP contribution in [0.3, 0.4) is 0 Å². The van der Waals surface area contributed by atoms with E-state index >= 15 is 0 Å². The molecular weight excluding hydrogens is 309 g/mol. The molecule has 23 heavy (non-hydrogen) atoms. The third-order valence-corrected chi connectivity index (χ3v) is 3.37. The highest BCUT2D eigenvalue weighted by Crippen LogP contribution is 2.31. The van der Waals surface area contributed by atoms with Gasteiger partial charge in [-0.15, -0.1) is 0 Å². The number of benzene rings is 2. The van der Waals surface area contributed by atoms with Crippen molar-refractivity contribution in [2.75, 3.05) is 6.61 Å². The van der Waals surface area contributed by atoms with Gasteiger partial charge in [0.25, 0.3) is 0 Å². The summed E-state index contributed by atoms with van der Waals surface area (Å²) in [5.74, 6) is -0.317. The van der Waals surface area contributed by atoms with E-state index in [1.54, 1.807) is 13.8 Å². The average Bonchev–Trinajstić information content (AvgIpc) is 2.48. The predicted octanol–water partition coefficient (Wildman–Crippen LogP) is 4.29. The maximum atomic E-state index is 12.6. The Balaban J connectivity index is 2.12. The molecule has 0 unspecified atom stereocenters. The minimum absolute atomic E-state index is 0.0265. The summed E-state index contributed by atoms with van der Waals surface area (Å²) in [4.78, 5) is 12.2. The van der Waals surface area contributed by atoms with Gasteiger partial charge in [-0.1, -0.05) is 6.07 Å². The molecule has 1 N–H and O–H groups in total. The summed E-state index contributed by atoms with van der Waals surface area (Å²) in [5, 5.41) is 9.57. The number of hydrogen-bond acceptors (Lipinski definition) is 3. The van der Waals surface area contributed by atoms with Crippen LogP contribution in [0.1, 0.15) is 27.0 Å². The Bertz CT molecular complexity index is 736. The molecule has 2 aromatic rings. The minimum Gasteiger partial charge on any atom is -0.508 e. The zero-order valence-electron chi connectivity index (χ0n) is 12.6. The zero-order chi connectivity index (χ0) is 17.2. The van der Waals surface area contributed by atoms with Crippen molar-refractivity contribution >= 4 is 5.78 Å². The number of halogens is 3. The highest BCUT2D eigenvalue weighted by atomic mass is 19.4. The number of hydrogen-bond donors (Lipinski definition) is 1. The van der Waals surface area contributed by atoms with E-state index in [1.165, 1.54) is 24.3 Å². The van der Waals surface area contributed by atoms with Crippen LogP contribution >= 0.6 is 0 Å². The van der Waals surface area contributed by atoms with Crippen LogP contribution in [-0.2, 0) is 6.18 Å². The molecule has 3 nitrogen and oxygen atoms in total. The Kier molecular flexibility index (Phi) is 4.63. The number of carbonyl (C=O) groups excluding carboxylic acids is 1. The molecule has 0 spiro atoms. The summed E-state index contributed by atoms with van der Waals surface area (Å²) in [7, 11) is 0. The molecule has 0 saturated carbocycles. The van der Waals surface area contributed by atoms with Crippen LogP contribution in [0, 0.1) is 13.8 Å². The third-order valence-electron chi connectivity index (χ3n) is 3.37. The van der Waals surface area contributed by atoms with Crippen molar-refractivity contribution in [1.82, 2.24) is 0 Å². The van der Waals surface area contributed by atoms with Gasteiger partial charge in [0.15, 0.2) is 12.4 Å². The normalized spacial score (nSPS) is 11.3. The van der Waals surface area contributed by atoms with Gasteiger partial charge in [-0.3, -0.25) is 4.79 Å². The van der Waals surface area contributed by atoms with Crippen molar-refractivity contribution < 1.29 is 27.8 Å². The second-order valence-corrected chi connectivity index (χ2v) is 5.19. The van der Waals surface area contributed by atoms with E-state index in [2.05, 4.69) is 0 Å². The lowest BCUT2D eigenvalue weighted by molar-refractivity contribution is -0.137. The predicted molar refractivity (Wildman–Crippen MR) is 78.9 cm³/mol. The summed E-state index contributed by atoms with van der Waals surface area (Å²) in [6.45, 7) is 2.93. The third kappa shape index (κ3) is 4.03. The van der Waals surface area contributed by atoms with Crippen LogP contribution in [0.4, 0.5) is 13.2 Å². The number of aromatic hydroxyl groups is 1. The van der Waals surface area contributed by atoms with Gasteiger partial charge < -0.3 is 9.84 Å². The number of rotatable bonds is 4. The molecule has 0 amide bonds. The van der Waals surface area contributed by atoms with E-state index in [4.69, 9.17) is 4.74 Å². The van der Waals surface area contributed by atoms with E-state index in [0.29, 0.717) is 16.7 Å². The molecule has 0 bridgehead atoms. The van der Waals surface area contributed by atoms with Crippen LogP contribution in [0.5, 0.6) is 11.5 Å². The SMILES string of the molecule is Cc1cc(C(=O)COc2cccc(C(F)(F)F)c2)c(C)cc1O. The highest BCUT2D eigenvalue weighted by molar-refractivity contribution is 5.99. The molecule has 2 rings (SSSR count). The van der Waals surface area contributed by atoms with E-state index in [9.17, 15) is 23.1 Å². The fraction of sp³-hybridized carbons (Fsp3) is 0.235. The number of phenolic OH excluding ortho intramolecular Hbond substituents is 1. The molecule has 0 heterocycles. The molecule has 6 heteroatoms. The summed E-state index contributed by atoms with van der Waals surface area (Å²) in [6.07, 6.45) is -4.46. The zero-order valence-corrected chi connectivity index (χ0v) is 12.6. The fourth-order valence-corrected chi connectivity index (χ4v) is 2.09. The number of ether oxygens (including phenoxy) is 1. The van der Waals surface area contributed by atoms with Gasteiger partial charge >= 0.3 is 6.18 Å². The van der Waals surface area contributed by atoms with E-state index < -0.39 is 11.7 Å². The van der Waals surface area contributed by atoms with Crippen LogP contribution in [0.15, 0.2) is 36.4 Å². The largest absolute Gasteiger partial charge is 0.508 e. The molecule has 0 aromatic heterocycles. The van der Waals surface area contributed by atoms with Gasteiger partial charge in [-0.05, 0) is 55.3 Å². The molecule has 0 aliphatic rings. The van der Waals surface area contributed by atoms with Crippen LogP contribution in [0.25, 0.3) is 0 Å². The standard InChI is InChI=1S/C17H15F3O3/c1-10-7-15(21)11(2)6-14(10)16(22)9-23-13-5-3-4-12(8-13)17(18,19)20/h3-8,21H,9H2,1-2H3. The fourth-order valence-electron chi connectivity index (χ4n) is 2.09. The molecule has 0 atom stereocenters. The molecule has 0 fully saturated rings. The first kappa shape index (κ1) is 16.9. The maximum Gasteiger partial charge on any atom is 0.416 e. The second kappa shape index (κ2) is 6.32. The number of aryl methyl sites for hydroxylation is 2. The summed E-state index contributed by atoms with van der Waals surface area (Å²) in [6, 6.07) is 7.36. The Morgan fingerprint density at radius 1 is 1.13 bits per heavy atom. The quantitative estimate of drug-likeness (QED) is 0.854. The average molecular weight is 324 g/mol. The highest BCUT2D eigenvalue weighted by Gasteiger charge is 2.30. The Labute approximate surface area is 131 Å². The number of Topliss-reactive ketones (excluding diaryl/α,β-unsaturated/α-hetero) is 1. The van der Waals surface area contributed by atoms with Gasteiger partial charge in [-0.25, -0.2) is 0 Å². The monoisotopic (exact) mass is 324 g/mol. The van der Waals surface area contributed by atoms with Gasteiger partial charge in [-0.2, -0.15) is 13.2 Å². The van der Waals surface area contributed by atoms with Gasteiger partial charge in [0.05, 0.1) is 5.56 Å². The second-order valence-electron chi connectivity index (χ2n) is 5.19. The minimum atomic E-state index is -4.46. The first-order valence-corrected chi connectivity index (χ1v) is 6.82. The molecule has 0 aliphatic heterocycles. The lowest BCUT2D eigenvalue weighted by Crippen LogP contribution is -2.13. The van der Waals surface area contributed by atoms with Gasteiger partial charge in [0, 0.05) is 5.56 Å². The maximum absolute atomic E-state index is 12.6.